The van der Waals surface area contributed by atoms with E-state index in [4.69, 9.17) is 9.47 Å². The first kappa shape index (κ1) is 13.4. The standard InChI is InChI=1S/C15H25BrO2/c1-17-11-5-4-6-12(9-11)18-14-10-13(16)15(14)7-2-3-8-15/h11-14H,2-10H2,1H3. The van der Waals surface area contributed by atoms with E-state index in [1.54, 1.807) is 0 Å². The molecule has 0 saturated heterocycles. The quantitative estimate of drug-likeness (QED) is 0.731. The molecule has 0 aromatic rings. The average Bonchev–Trinajstić information content (AvgIpc) is 2.91. The van der Waals surface area contributed by atoms with Crippen molar-refractivity contribution in [2.75, 3.05) is 7.11 Å². The summed E-state index contributed by atoms with van der Waals surface area (Å²) in [5, 5.41) is 0. The molecule has 3 saturated carbocycles. The van der Waals surface area contributed by atoms with Gasteiger partial charge in [0.05, 0.1) is 18.3 Å². The maximum Gasteiger partial charge on any atom is 0.0656 e. The van der Waals surface area contributed by atoms with E-state index in [-0.39, 0.29) is 0 Å². The van der Waals surface area contributed by atoms with E-state index in [0.717, 1.165) is 6.42 Å². The smallest absolute Gasteiger partial charge is 0.0656 e. The van der Waals surface area contributed by atoms with Gasteiger partial charge in [-0.2, -0.15) is 0 Å². The first-order valence-electron chi connectivity index (χ1n) is 7.57. The fourth-order valence-electron chi connectivity index (χ4n) is 4.23. The molecule has 3 fully saturated rings. The molecule has 0 amide bonds. The average molecular weight is 317 g/mol. The Morgan fingerprint density at radius 2 is 1.72 bits per heavy atom. The minimum atomic E-state index is 0.433. The lowest BCUT2D eigenvalue weighted by atomic mass is 9.64. The summed E-state index contributed by atoms with van der Waals surface area (Å²) in [6, 6.07) is 0. The highest BCUT2D eigenvalue weighted by Gasteiger charge is 2.56. The molecule has 0 aliphatic heterocycles. The molecule has 2 nitrogen and oxygen atoms in total. The van der Waals surface area contributed by atoms with Crippen LogP contribution in [0.15, 0.2) is 0 Å². The molecule has 0 aromatic heterocycles. The summed E-state index contributed by atoms with van der Waals surface area (Å²) in [4.78, 5) is 0.708. The van der Waals surface area contributed by atoms with Crippen LogP contribution in [0.5, 0.6) is 0 Å². The van der Waals surface area contributed by atoms with Crippen LogP contribution in [0.2, 0.25) is 0 Å². The lowest BCUT2D eigenvalue weighted by Crippen LogP contribution is -2.55. The summed E-state index contributed by atoms with van der Waals surface area (Å²) in [5.74, 6) is 0. The second-order valence-corrected chi connectivity index (χ2v) is 7.52. The highest BCUT2D eigenvalue weighted by atomic mass is 79.9. The third-order valence-electron chi connectivity index (χ3n) is 5.49. The number of hydrogen-bond acceptors (Lipinski definition) is 2. The monoisotopic (exact) mass is 316 g/mol. The van der Waals surface area contributed by atoms with Gasteiger partial charge >= 0.3 is 0 Å². The molecule has 4 atom stereocenters. The van der Waals surface area contributed by atoms with E-state index < -0.39 is 0 Å². The topological polar surface area (TPSA) is 18.5 Å². The summed E-state index contributed by atoms with van der Waals surface area (Å²) >= 11 is 3.87. The summed E-state index contributed by atoms with van der Waals surface area (Å²) in [6.07, 6.45) is 13.0. The molecule has 0 bridgehead atoms. The molecule has 0 aromatic carbocycles. The van der Waals surface area contributed by atoms with Crippen molar-refractivity contribution in [3.05, 3.63) is 0 Å². The van der Waals surface area contributed by atoms with Crippen LogP contribution >= 0.6 is 15.9 Å². The molecule has 104 valence electrons. The van der Waals surface area contributed by atoms with E-state index >= 15 is 0 Å². The maximum atomic E-state index is 6.46. The maximum absolute atomic E-state index is 6.46. The molecule has 3 rings (SSSR count). The lowest BCUT2D eigenvalue weighted by Gasteiger charge is -2.53. The molecule has 3 aliphatic carbocycles. The number of methoxy groups -OCH3 is 1. The Bertz CT molecular complexity index is 288. The van der Waals surface area contributed by atoms with Crippen molar-refractivity contribution in [3.63, 3.8) is 0 Å². The summed E-state index contributed by atoms with van der Waals surface area (Å²) in [7, 11) is 1.84. The van der Waals surface area contributed by atoms with Gasteiger partial charge in [0.1, 0.15) is 0 Å². The van der Waals surface area contributed by atoms with E-state index in [1.165, 1.54) is 51.4 Å². The van der Waals surface area contributed by atoms with Crippen molar-refractivity contribution in [3.8, 4) is 0 Å². The molecule has 3 heteroatoms. The molecule has 4 unspecified atom stereocenters. The minimum absolute atomic E-state index is 0.433. The highest BCUT2D eigenvalue weighted by Crippen LogP contribution is 2.58. The van der Waals surface area contributed by atoms with Crippen LogP contribution in [-0.4, -0.2) is 30.2 Å². The van der Waals surface area contributed by atoms with Crippen LogP contribution in [0, 0.1) is 5.41 Å². The summed E-state index contributed by atoms with van der Waals surface area (Å²) < 4.78 is 12.0. The van der Waals surface area contributed by atoms with Gasteiger partial charge in [0.15, 0.2) is 0 Å². The SMILES string of the molecule is COC1CCCC(OC2CC(Br)C23CCCC3)C1. The van der Waals surface area contributed by atoms with Crippen LogP contribution in [-0.2, 0) is 9.47 Å². The Morgan fingerprint density at radius 3 is 2.39 bits per heavy atom. The molecule has 0 radical (unpaired) electrons. The van der Waals surface area contributed by atoms with Gasteiger partial charge in [-0.15, -0.1) is 0 Å². The third kappa shape index (κ3) is 2.27. The zero-order valence-corrected chi connectivity index (χ0v) is 13.0. The largest absolute Gasteiger partial charge is 0.381 e. The van der Waals surface area contributed by atoms with Crippen molar-refractivity contribution < 1.29 is 9.47 Å². The molecule has 0 N–H and O–H groups in total. The Balaban J connectivity index is 1.56. The predicted octanol–water partition coefficient (Wildman–Crippen LogP) is 4.06. The van der Waals surface area contributed by atoms with Crippen molar-refractivity contribution >= 4 is 15.9 Å². The first-order chi connectivity index (χ1) is 8.74. The zero-order valence-electron chi connectivity index (χ0n) is 11.4. The Kier molecular flexibility index (Phi) is 4.03. The fraction of sp³-hybridized carbons (Fsp3) is 1.00. The number of halogens is 1. The van der Waals surface area contributed by atoms with Crippen LogP contribution < -0.4 is 0 Å². The predicted molar refractivity (Wildman–Crippen MR) is 76.2 cm³/mol. The number of ether oxygens (including phenoxy) is 2. The van der Waals surface area contributed by atoms with Gasteiger partial charge in [0, 0.05) is 17.4 Å². The minimum Gasteiger partial charge on any atom is -0.381 e. The van der Waals surface area contributed by atoms with Gasteiger partial charge in [0.25, 0.3) is 0 Å². The molecule has 0 heterocycles. The van der Waals surface area contributed by atoms with Gasteiger partial charge in [-0.1, -0.05) is 28.8 Å². The van der Waals surface area contributed by atoms with Crippen molar-refractivity contribution in [2.24, 2.45) is 5.41 Å². The summed E-state index contributed by atoms with van der Waals surface area (Å²) in [6.45, 7) is 0. The normalized spacial score (nSPS) is 43.0. The van der Waals surface area contributed by atoms with Crippen molar-refractivity contribution in [1.82, 2.24) is 0 Å². The summed E-state index contributed by atoms with van der Waals surface area (Å²) in [5.41, 5.74) is 0.486. The van der Waals surface area contributed by atoms with E-state index in [9.17, 15) is 0 Å². The van der Waals surface area contributed by atoms with Crippen LogP contribution in [0.1, 0.15) is 57.8 Å². The fourth-order valence-corrected chi connectivity index (χ4v) is 5.32. The van der Waals surface area contributed by atoms with Crippen molar-refractivity contribution in [2.45, 2.75) is 80.9 Å². The van der Waals surface area contributed by atoms with E-state index in [2.05, 4.69) is 15.9 Å². The third-order valence-corrected chi connectivity index (χ3v) is 6.77. The second kappa shape index (κ2) is 5.41. The molecule has 1 spiro atoms. The number of rotatable bonds is 3. The number of alkyl halides is 1. The molecule has 18 heavy (non-hydrogen) atoms. The lowest BCUT2D eigenvalue weighted by molar-refractivity contribution is -0.151. The molecule has 3 aliphatic rings. The van der Waals surface area contributed by atoms with Gasteiger partial charge in [-0.3, -0.25) is 0 Å². The van der Waals surface area contributed by atoms with E-state index in [0.29, 0.717) is 28.6 Å². The second-order valence-electron chi connectivity index (χ2n) is 6.41. The van der Waals surface area contributed by atoms with Crippen LogP contribution in [0.25, 0.3) is 0 Å². The Hall–Kier alpha value is 0.400. The Morgan fingerprint density at radius 1 is 1.00 bits per heavy atom. The first-order valence-corrected chi connectivity index (χ1v) is 8.48. The molecular weight excluding hydrogens is 292 g/mol. The van der Waals surface area contributed by atoms with Gasteiger partial charge < -0.3 is 9.47 Å². The van der Waals surface area contributed by atoms with Gasteiger partial charge in [-0.05, 0) is 44.9 Å². The zero-order chi connectivity index (χ0) is 12.6. The van der Waals surface area contributed by atoms with E-state index in [1.807, 2.05) is 7.11 Å². The van der Waals surface area contributed by atoms with Gasteiger partial charge in [-0.25, -0.2) is 0 Å². The highest BCUT2D eigenvalue weighted by molar-refractivity contribution is 9.09. The Labute approximate surface area is 119 Å². The van der Waals surface area contributed by atoms with Gasteiger partial charge in [0.2, 0.25) is 0 Å². The van der Waals surface area contributed by atoms with Crippen LogP contribution in [0.3, 0.4) is 0 Å². The van der Waals surface area contributed by atoms with Crippen LogP contribution in [0.4, 0.5) is 0 Å². The number of hydrogen-bond donors (Lipinski definition) is 0. The molecular formula is C15H25BrO2. The van der Waals surface area contributed by atoms with Crippen molar-refractivity contribution in [1.29, 1.82) is 0 Å².